The van der Waals surface area contributed by atoms with Crippen molar-refractivity contribution in [3.05, 3.63) is 5.82 Å². The van der Waals surface area contributed by atoms with E-state index in [2.05, 4.69) is 62.5 Å². The van der Waals surface area contributed by atoms with Crippen LogP contribution in [-0.4, -0.2) is 72.1 Å². The molecule has 2 heterocycles. The molecule has 2 N–H and O–H groups in total. The minimum atomic E-state index is 0.149. The van der Waals surface area contributed by atoms with E-state index in [1.54, 1.807) is 0 Å². The number of hydrogen-bond donors (Lipinski definition) is 2. The number of aromatic nitrogens is 2. The number of aryl methyl sites for hydroxylation is 1. The van der Waals surface area contributed by atoms with Gasteiger partial charge in [-0.2, -0.15) is 4.37 Å². The van der Waals surface area contributed by atoms with Gasteiger partial charge in [-0.1, -0.05) is 6.92 Å². The lowest BCUT2D eigenvalue weighted by Gasteiger charge is -2.36. The highest BCUT2D eigenvalue weighted by atomic mass is 32.1. The smallest absolute Gasteiger partial charge is 0.205 e. The third-order valence-corrected chi connectivity index (χ3v) is 4.71. The van der Waals surface area contributed by atoms with Crippen LogP contribution in [0.5, 0.6) is 0 Å². The van der Waals surface area contributed by atoms with Gasteiger partial charge in [-0.3, -0.25) is 4.99 Å². The summed E-state index contributed by atoms with van der Waals surface area (Å²) in [6.45, 7) is 14.2. The van der Waals surface area contributed by atoms with Gasteiger partial charge in [0.25, 0.3) is 0 Å². The average molecular weight is 354 g/mol. The fourth-order valence-corrected chi connectivity index (χ4v) is 3.37. The lowest BCUT2D eigenvalue weighted by atomic mass is 10.1. The van der Waals surface area contributed by atoms with Crippen molar-refractivity contribution in [2.45, 2.75) is 39.7 Å². The normalized spacial score (nSPS) is 16.6. The number of anilines is 1. The molecule has 0 saturated carbocycles. The number of guanidine groups is 1. The van der Waals surface area contributed by atoms with Crippen LogP contribution in [0.1, 0.15) is 33.5 Å². The minimum Gasteiger partial charge on any atom is -0.355 e. The van der Waals surface area contributed by atoms with Crippen molar-refractivity contribution in [2.75, 3.05) is 51.2 Å². The fourth-order valence-electron chi connectivity index (χ4n) is 2.57. The molecule has 0 spiro atoms. The van der Waals surface area contributed by atoms with Crippen LogP contribution in [0.4, 0.5) is 5.13 Å². The Morgan fingerprint density at radius 3 is 2.46 bits per heavy atom. The predicted octanol–water partition coefficient (Wildman–Crippen LogP) is 1.19. The van der Waals surface area contributed by atoms with Crippen molar-refractivity contribution in [1.29, 1.82) is 0 Å². The van der Waals surface area contributed by atoms with Gasteiger partial charge in [-0.15, -0.1) is 0 Å². The van der Waals surface area contributed by atoms with Gasteiger partial charge >= 0.3 is 0 Å². The number of aliphatic imine (C=N–C) groups is 1. The summed E-state index contributed by atoms with van der Waals surface area (Å²) in [7, 11) is 1.85. The molecule has 0 radical (unpaired) electrons. The average Bonchev–Trinajstić information content (AvgIpc) is 3.03. The van der Waals surface area contributed by atoms with E-state index in [4.69, 9.17) is 0 Å². The van der Waals surface area contributed by atoms with E-state index in [1.165, 1.54) is 11.5 Å². The van der Waals surface area contributed by atoms with E-state index in [1.807, 2.05) is 7.05 Å². The van der Waals surface area contributed by atoms with E-state index in [-0.39, 0.29) is 5.54 Å². The van der Waals surface area contributed by atoms with Gasteiger partial charge in [0.15, 0.2) is 5.96 Å². The number of nitrogens with one attached hydrogen (secondary N) is 2. The van der Waals surface area contributed by atoms with Crippen molar-refractivity contribution in [2.24, 2.45) is 4.99 Å². The molecule has 0 amide bonds. The summed E-state index contributed by atoms with van der Waals surface area (Å²) >= 11 is 1.51. The molecule has 0 unspecified atom stereocenters. The molecule has 136 valence electrons. The van der Waals surface area contributed by atoms with Crippen LogP contribution in [0.25, 0.3) is 0 Å². The second kappa shape index (κ2) is 8.62. The first-order valence-electron chi connectivity index (χ1n) is 8.71. The van der Waals surface area contributed by atoms with E-state index < -0.39 is 0 Å². The molecule has 1 aliphatic rings. The molecular formula is C16H31N7S. The molecule has 1 fully saturated rings. The summed E-state index contributed by atoms with van der Waals surface area (Å²) in [6.07, 6.45) is 0.898. The van der Waals surface area contributed by atoms with Gasteiger partial charge in [-0.25, -0.2) is 4.98 Å². The molecule has 2 rings (SSSR count). The number of hydrogen-bond acceptors (Lipinski definition) is 6. The lowest BCUT2D eigenvalue weighted by Crippen LogP contribution is -2.53. The Labute approximate surface area is 149 Å². The number of nitrogens with zero attached hydrogens (tertiary/aromatic N) is 5. The molecule has 8 heteroatoms. The first-order valence-corrected chi connectivity index (χ1v) is 9.48. The highest BCUT2D eigenvalue weighted by Crippen LogP contribution is 2.19. The van der Waals surface area contributed by atoms with Crippen LogP contribution in [0.15, 0.2) is 4.99 Å². The Balaban J connectivity index is 1.77. The minimum absolute atomic E-state index is 0.149. The maximum atomic E-state index is 4.59. The number of piperazine rings is 1. The van der Waals surface area contributed by atoms with E-state index >= 15 is 0 Å². The summed E-state index contributed by atoms with van der Waals surface area (Å²) in [5, 5.41) is 7.98. The van der Waals surface area contributed by atoms with Gasteiger partial charge in [0.2, 0.25) is 5.13 Å². The van der Waals surface area contributed by atoms with Crippen LogP contribution in [0.3, 0.4) is 0 Å². The topological polar surface area (TPSA) is 68.7 Å². The Morgan fingerprint density at radius 2 is 1.92 bits per heavy atom. The Morgan fingerprint density at radius 1 is 1.21 bits per heavy atom. The maximum absolute atomic E-state index is 4.59. The molecule has 0 atom stereocenters. The molecule has 24 heavy (non-hydrogen) atoms. The summed E-state index contributed by atoms with van der Waals surface area (Å²) in [5.74, 6) is 1.93. The molecule has 0 aliphatic carbocycles. The van der Waals surface area contributed by atoms with Crippen LogP contribution < -0.4 is 15.5 Å². The summed E-state index contributed by atoms with van der Waals surface area (Å²) in [4.78, 5) is 13.6. The van der Waals surface area contributed by atoms with E-state index in [0.29, 0.717) is 0 Å². The molecule has 7 nitrogen and oxygen atoms in total. The molecule has 1 aromatic heterocycles. The summed E-state index contributed by atoms with van der Waals surface area (Å²) in [6, 6.07) is 0. The van der Waals surface area contributed by atoms with Gasteiger partial charge in [-0.05, 0) is 20.8 Å². The molecule has 1 aliphatic heterocycles. The number of rotatable bonds is 5. The SMILES string of the molecule is CCc1nsc(N2CCN(C(=NC)NCCNC(C)(C)C)CC2)n1. The van der Waals surface area contributed by atoms with Gasteiger partial charge in [0.1, 0.15) is 5.82 Å². The summed E-state index contributed by atoms with van der Waals surface area (Å²) in [5.41, 5.74) is 0.149. The Hall–Kier alpha value is -1.41. The molecule has 1 aromatic rings. The molecule has 0 bridgehead atoms. The Kier molecular flexibility index (Phi) is 6.79. The van der Waals surface area contributed by atoms with Crippen LogP contribution >= 0.6 is 11.5 Å². The summed E-state index contributed by atoms with van der Waals surface area (Å²) < 4.78 is 4.38. The van der Waals surface area contributed by atoms with Crippen LogP contribution in [0.2, 0.25) is 0 Å². The van der Waals surface area contributed by atoms with Crippen molar-refractivity contribution >= 4 is 22.6 Å². The van der Waals surface area contributed by atoms with Crippen molar-refractivity contribution in [3.8, 4) is 0 Å². The highest BCUT2D eigenvalue weighted by Gasteiger charge is 2.22. The molecular weight excluding hydrogens is 322 g/mol. The zero-order valence-electron chi connectivity index (χ0n) is 15.6. The largest absolute Gasteiger partial charge is 0.355 e. The van der Waals surface area contributed by atoms with Crippen molar-refractivity contribution < 1.29 is 0 Å². The standard InChI is InChI=1S/C16H31N7S/c1-6-13-20-15(24-21-13)23-11-9-22(10-12-23)14(17-5)18-7-8-19-16(2,3)4/h19H,6-12H2,1-5H3,(H,17,18). The first kappa shape index (κ1) is 18.9. The zero-order valence-corrected chi connectivity index (χ0v) is 16.4. The Bertz CT molecular complexity index is 527. The first-order chi connectivity index (χ1) is 11.4. The fraction of sp³-hybridized carbons (Fsp3) is 0.812. The third-order valence-electron chi connectivity index (χ3n) is 3.90. The lowest BCUT2D eigenvalue weighted by molar-refractivity contribution is 0.369. The predicted molar refractivity (Wildman–Crippen MR) is 102 cm³/mol. The van der Waals surface area contributed by atoms with E-state index in [0.717, 1.165) is 62.6 Å². The maximum Gasteiger partial charge on any atom is 0.205 e. The quantitative estimate of drug-likeness (QED) is 0.471. The van der Waals surface area contributed by atoms with Crippen molar-refractivity contribution in [3.63, 3.8) is 0 Å². The zero-order chi connectivity index (χ0) is 17.6. The second-order valence-electron chi connectivity index (χ2n) is 6.97. The van der Waals surface area contributed by atoms with Gasteiger partial charge in [0, 0.05) is 69.8 Å². The van der Waals surface area contributed by atoms with E-state index in [9.17, 15) is 0 Å². The van der Waals surface area contributed by atoms with Gasteiger partial charge < -0.3 is 20.4 Å². The van der Waals surface area contributed by atoms with Gasteiger partial charge in [0.05, 0.1) is 0 Å². The third kappa shape index (κ3) is 5.59. The molecule has 0 aromatic carbocycles. The van der Waals surface area contributed by atoms with Crippen LogP contribution in [-0.2, 0) is 6.42 Å². The van der Waals surface area contributed by atoms with Crippen LogP contribution in [0, 0.1) is 0 Å². The second-order valence-corrected chi connectivity index (χ2v) is 7.70. The highest BCUT2D eigenvalue weighted by molar-refractivity contribution is 7.09. The van der Waals surface area contributed by atoms with Crippen molar-refractivity contribution in [1.82, 2.24) is 24.9 Å². The molecule has 1 saturated heterocycles. The monoisotopic (exact) mass is 353 g/mol.